The highest BCUT2D eigenvalue weighted by Gasteiger charge is 2.32. The minimum Gasteiger partial charge on any atom is -0.320 e. The highest BCUT2D eigenvalue weighted by Crippen LogP contribution is 2.29. The van der Waals surface area contributed by atoms with Gasteiger partial charge in [0.25, 0.3) is 6.43 Å². The van der Waals surface area contributed by atoms with Crippen molar-refractivity contribution in [1.82, 2.24) is 0 Å². The van der Waals surface area contributed by atoms with Crippen LogP contribution in [-0.2, 0) is 12.6 Å². The molecule has 17 heavy (non-hydrogen) atoms. The molecule has 0 amide bonds. The number of rotatable bonds is 3. The maximum atomic E-state index is 12.5. The van der Waals surface area contributed by atoms with Gasteiger partial charge in [-0.25, -0.2) is 8.78 Å². The van der Waals surface area contributed by atoms with Gasteiger partial charge in [-0.05, 0) is 31.0 Å². The predicted octanol–water partition coefficient (Wildman–Crippen LogP) is 3.23. The molecule has 0 saturated heterocycles. The SMILES string of the molecule is CC(N)(Cc1ccc(C(F)(F)F)cc1)C(F)F. The Labute approximate surface area is 95.4 Å². The van der Waals surface area contributed by atoms with E-state index in [-0.39, 0.29) is 6.42 Å². The van der Waals surface area contributed by atoms with Gasteiger partial charge >= 0.3 is 6.18 Å². The molecule has 0 saturated carbocycles. The average Bonchev–Trinajstić information content (AvgIpc) is 2.16. The first-order valence-corrected chi connectivity index (χ1v) is 4.86. The summed E-state index contributed by atoms with van der Waals surface area (Å²) in [5, 5.41) is 0. The van der Waals surface area contributed by atoms with E-state index < -0.39 is 23.7 Å². The molecule has 1 rings (SSSR count). The Balaban J connectivity index is 2.83. The lowest BCUT2D eigenvalue weighted by molar-refractivity contribution is -0.137. The van der Waals surface area contributed by atoms with Crippen molar-refractivity contribution in [3.63, 3.8) is 0 Å². The zero-order valence-corrected chi connectivity index (χ0v) is 9.06. The summed E-state index contributed by atoms with van der Waals surface area (Å²) in [6.45, 7) is 1.16. The third kappa shape index (κ3) is 3.66. The molecule has 1 atom stereocenters. The largest absolute Gasteiger partial charge is 0.416 e. The van der Waals surface area contributed by atoms with Gasteiger partial charge in [0.15, 0.2) is 0 Å². The molecular weight excluding hydrogens is 241 g/mol. The molecule has 0 aromatic heterocycles. The first-order valence-electron chi connectivity index (χ1n) is 4.86. The van der Waals surface area contributed by atoms with Crippen LogP contribution in [0.3, 0.4) is 0 Å². The quantitative estimate of drug-likeness (QED) is 0.822. The molecule has 0 radical (unpaired) electrons. The molecule has 0 spiro atoms. The smallest absolute Gasteiger partial charge is 0.320 e. The number of halogens is 5. The molecule has 6 heteroatoms. The van der Waals surface area contributed by atoms with Gasteiger partial charge in [0.2, 0.25) is 0 Å². The van der Waals surface area contributed by atoms with Gasteiger partial charge < -0.3 is 5.73 Å². The van der Waals surface area contributed by atoms with E-state index in [0.29, 0.717) is 5.56 Å². The Hall–Kier alpha value is -1.17. The highest BCUT2D eigenvalue weighted by molar-refractivity contribution is 5.26. The second-order valence-electron chi connectivity index (χ2n) is 4.18. The summed E-state index contributed by atoms with van der Waals surface area (Å²) in [5.41, 5.74) is 3.15. The number of alkyl halides is 5. The van der Waals surface area contributed by atoms with E-state index in [0.717, 1.165) is 31.2 Å². The van der Waals surface area contributed by atoms with Crippen molar-refractivity contribution < 1.29 is 22.0 Å². The third-order valence-corrected chi connectivity index (χ3v) is 2.36. The van der Waals surface area contributed by atoms with Crippen molar-refractivity contribution in [3.05, 3.63) is 35.4 Å². The first kappa shape index (κ1) is 13.9. The summed E-state index contributed by atoms with van der Waals surface area (Å²) in [6.07, 6.45) is -7.33. The van der Waals surface area contributed by atoms with Gasteiger partial charge in [-0.2, -0.15) is 13.2 Å². The molecule has 2 N–H and O–H groups in total. The van der Waals surface area contributed by atoms with Crippen LogP contribution in [0.25, 0.3) is 0 Å². The van der Waals surface area contributed by atoms with Gasteiger partial charge in [-0.3, -0.25) is 0 Å². The van der Waals surface area contributed by atoms with Crippen LogP contribution in [0.2, 0.25) is 0 Å². The van der Waals surface area contributed by atoms with E-state index in [4.69, 9.17) is 5.73 Å². The van der Waals surface area contributed by atoms with Gasteiger partial charge in [0, 0.05) is 0 Å². The molecule has 0 aliphatic heterocycles. The van der Waals surface area contributed by atoms with Crippen LogP contribution in [0.1, 0.15) is 18.1 Å². The van der Waals surface area contributed by atoms with Crippen LogP contribution in [0.15, 0.2) is 24.3 Å². The van der Waals surface area contributed by atoms with Crippen molar-refractivity contribution in [2.24, 2.45) is 5.73 Å². The fourth-order valence-electron chi connectivity index (χ4n) is 1.33. The van der Waals surface area contributed by atoms with Crippen molar-refractivity contribution in [3.8, 4) is 0 Å². The fourth-order valence-corrected chi connectivity index (χ4v) is 1.33. The van der Waals surface area contributed by atoms with Gasteiger partial charge in [0.1, 0.15) is 0 Å². The van der Waals surface area contributed by atoms with Crippen LogP contribution in [0.4, 0.5) is 22.0 Å². The average molecular weight is 253 g/mol. The zero-order valence-electron chi connectivity index (χ0n) is 9.06. The lowest BCUT2D eigenvalue weighted by Gasteiger charge is -2.23. The number of hydrogen-bond acceptors (Lipinski definition) is 1. The molecule has 0 aliphatic rings. The molecule has 0 bridgehead atoms. The summed E-state index contributed by atoms with van der Waals surface area (Å²) < 4.78 is 61.6. The van der Waals surface area contributed by atoms with E-state index >= 15 is 0 Å². The molecule has 96 valence electrons. The van der Waals surface area contributed by atoms with Crippen LogP contribution in [-0.4, -0.2) is 12.0 Å². The normalized spacial score (nSPS) is 16.0. The maximum absolute atomic E-state index is 12.5. The van der Waals surface area contributed by atoms with E-state index in [1.807, 2.05) is 0 Å². The Morgan fingerprint density at radius 1 is 1.12 bits per heavy atom. The van der Waals surface area contributed by atoms with Crippen molar-refractivity contribution in [2.45, 2.75) is 31.5 Å². The number of hydrogen-bond donors (Lipinski definition) is 1. The van der Waals surface area contributed by atoms with E-state index in [1.54, 1.807) is 0 Å². The van der Waals surface area contributed by atoms with Gasteiger partial charge in [-0.15, -0.1) is 0 Å². The first-order chi connectivity index (χ1) is 7.63. The van der Waals surface area contributed by atoms with Crippen LogP contribution in [0.5, 0.6) is 0 Å². The predicted molar refractivity (Wildman–Crippen MR) is 53.7 cm³/mol. The monoisotopic (exact) mass is 253 g/mol. The molecular formula is C11H12F5N. The van der Waals surface area contributed by atoms with E-state index in [2.05, 4.69) is 0 Å². The summed E-state index contributed by atoms with van der Waals surface area (Å²) >= 11 is 0. The van der Waals surface area contributed by atoms with Crippen molar-refractivity contribution >= 4 is 0 Å². The van der Waals surface area contributed by atoms with Crippen LogP contribution < -0.4 is 5.73 Å². The van der Waals surface area contributed by atoms with Crippen LogP contribution in [0, 0.1) is 0 Å². The Bertz CT molecular complexity index is 366. The summed E-state index contributed by atoms with van der Waals surface area (Å²) in [6, 6.07) is 4.04. The van der Waals surface area contributed by atoms with Gasteiger partial charge in [0.05, 0.1) is 11.1 Å². The lowest BCUT2D eigenvalue weighted by atomic mass is 9.94. The molecule has 0 heterocycles. The maximum Gasteiger partial charge on any atom is 0.416 e. The number of benzene rings is 1. The fraction of sp³-hybridized carbons (Fsp3) is 0.455. The number of nitrogens with two attached hydrogens (primary N) is 1. The van der Waals surface area contributed by atoms with Crippen molar-refractivity contribution in [2.75, 3.05) is 0 Å². The standard InChI is InChI=1S/C11H12F5N/c1-10(17,9(12)13)6-7-2-4-8(5-3-7)11(14,15)16/h2-5,9H,6,17H2,1H3. The Morgan fingerprint density at radius 2 is 1.59 bits per heavy atom. The van der Waals surface area contributed by atoms with Gasteiger partial charge in [-0.1, -0.05) is 12.1 Å². The van der Waals surface area contributed by atoms with E-state index in [9.17, 15) is 22.0 Å². The minimum absolute atomic E-state index is 0.178. The molecule has 0 aliphatic carbocycles. The minimum atomic E-state index is -4.42. The van der Waals surface area contributed by atoms with Crippen molar-refractivity contribution in [1.29, 1.82) is 0 Å². The zero-order chi connectivity index (χ0) is 13.3. The summed E-state index contributed by atoms with van der Waals surface area (Å²) in [4.78, 5) is 0. The second-order valence-corrected chi connectivity index (χ2v) is 4.18. The summed E-state index contributed by atoms with van der Waals surface area (Å²) in [5.74, 6) is 0. The Morgan fingerprint density at radius 3 is 1.94 bits per heavy atom. The van der Waals surface area contributed by atoms with Crippen LogP contribution >= 0.6 is 0 Å². The second kappa shape index (κ2) is 4.60. The lowest BCUT2D eigenvalue weighted by Crippen LogP contribution is -2.45. The Kier molecular flexibility index (Phi) is 3.76. The third-order valence-electron chi connectivity index (χ3n) is 2.36. The topological polar surface area (TPSA) is 26.0 Å². The molecule has 0 fully saturated rings. The molecule has 1 aromatic carbocycles. The molecule has 1 unspecified atom stereocenters. The molecule has 1 nitrogen and oxygen atoms in total. The molecule has 1 aromatic rings. The van der Waals surface area contributed by atoms with E-state index in [1.165, 1.54) is 0 Å². The highest BCUT2D eigenvalue weighted by atomic mass is 19.4. The summed E-state index contributed by atoms with van der Waals surface area (Å²) in [7, 11) is 0.